The van der Waals surface area contributed by atoms with Gasteiger partial charge in [-0.05, 0) is 43.2 Å². The summed E-state index contributed by atoms with van der Waals surface area (Å²) in [7, 11) is 0. The highest BCUT2D eigenvalue weighted by molar-refractivity contribution is 5.95. The van der Waals surface area contributed by atoms with Crippen LogP contribution in [-0.2, 0) is 0 Å². The Labute approximate surface area is 183 Å². The van der Waals surface area contributed by atoms with Gasteiger partial charge in [-0.3, -0.25) is 4.79 Å². The van der Waals surface area contributed by atoms with Crippen LogP contribution in [0.2, 0.25) is 0 Å². The summed E-state index contributed by atoms with van der Waals surface area (Å²) in [5.74, 6) is 2.51. The van der Waals surface area contributed by atoms with Gasteiger partial charge in [0.25, 0.3) is 5.91 Å². The number of anilines is 1. The Hall–Kier alpha value is -4.01. The molecule has 0 aliphatic carbocycles. The molecule has 9 heteroatoms. The highest BCUT2D eigenvalue weighted by Gasteiger charge is 2.28. The maximum Gasteiger partial charge on any atom is 0.254 e. The largest absolute Gasteiger partial charge is 0.463 e. The molecule has 2 N–H and O–H groups in total. The third kappa shape index (κ3) is 3.13. The predicted molar refractivity (Wildman–Crippen MR) is 116 cm³/mol. The molecule has 1 saturated heterocycles. The number of fused-ring (bicyclic) bond motifs is 2. The van der Waals surface area contributed by atoms with Crippen LogP contribution in [0.4, 0.5) is 5.82 Å². The summed E-state index contributed by atoms with van der Waals surface area (Å²) in [5, 5.41) is 4.50. The number of nitrogen functional groups attached to an aromatic ring is 1. The third-order valence-corrected chi connectivity index (χ3v) is 5.99. The molecule has 1 aromatic carbocycles. The second-order valence-electron chi connectivity index (χ2n) is 8.04. The van der Waals surface area contributed by atoms with Gasteiger partial charge in [0, 0.05) is 36.7 Å². The zero-order valence-electron chi connectivity index (χ0n) is 17.2. The lowest BCUT2D eigenvalue weighted by Gasteiger charge is -2.32. The first-order chi connectivity index (χ1) is 15.7. The quantitative estimate of drug-likeness (QED) is 0.530. The van der Waals surface area contributed by atoms with Crippen LogP contribution in [-0.4, -0.2) is 45.3 Å². The number of hydrogen-bond acceptors (Lipinski definition) is 7. The Morgan fingerprint density at radius 3 is 2.91 bits per heavy atom. The first kappa shape index (κ1) is 18.7. The Morgan fingerprint density at radius 1 is 1.12 bits per heavy atom. The molecule has 2 aliphatic heterocycles. The second-order valence-corrected chi connectivity index (χ2v) is 8.04. The average Bonchev–Trinajstić information content (AvgIpc) is 3.58. The van der Waals surface area contributed by atoms with Crippen molar-refractivity contribution in [1.82, 2.24) is 19.5 Å². The highest BCUT2D eigenvalue weighted by Crippen LogP contribution is 2.34. The number of aromatic nitrogens is 3. The minimum Gasteiger partial charge on any atom is -0.463 e. The van der Waals surface area contributed by atoms with Crippen molar-refractivity contribution in [3.63, 3.8) is 0 Å². The van der Waals surface area contributed by atoms with Gasteiger partial charge in [0.15, 0.2) is 22.9 Å². The van der Waals surface area contributed by atoms with Gasteiger partial charge in [-0.1, -0.05) is 0 Å². The fourth-order valence-electron chi connectivity index (χ4n) is 4.39. The van der Waals surface area contributed by atoms with Crippen molar-refractivity contribution >= 4 is 17.4 Å². The average molecular weight is 431 g/mol. The van der Waals surface area contributed by atoms with E-state index in [1.807, 2.05) is 29.2 Å². The first-order valence-electron chi connectivity index (χ1n) is 10.5. The molecule has 1 unspecified atom stereocenters. The Bertz CT molecular complexity index is 1310. The van der Waals surface area contributed by atoms with Crippen LogP contribution in [0.1, 0.15) is 34.8 Å². The maximum absolute atomic E-state index is 13.2. The van der Waals surface area contributed by atoms with Crippen molar-refractivity contribution in [3.05, 3.63) is 60.0 Å². The zero-order chi connectivity index (χ0) is 21.7. The van der Waals surface area contributed by atoms with Gasteiger partial charge >= 0.3 is 0 Å². The summed E-state index contributed by atoms with van der Waals surface area (Å²) in [6, 6.07) is 12.7. The number of carbonyl (C=O) groups is 1. The number of nitrogens with zero attached hydrogens (tertiary/aromatic N) is 4. The minimum atomic E-state index is -0.0218. The van der Waals surface area contributed by atoms with E-state index in [0.29, 0.717) is 53.1 Å². The van der Waals surface area contributed by atoms with E-state index in [9.17, 15) is 4.79 Å². The fourth-order valence-corrected chi connectivity index (χ4v) is 4.39. The predicted octanol–water partition coefficient (Wildman–Crippen LogP) is 3.32. The topological polar surface area (TPSA) is 108 Å². The summed E-state index contributed by atoms with van der Waals surface area (Å²) < 4.78 is 17.8. The van der Waals surface area contributed by atoms with Crippen LogP contribution < -0.4 is 15.2 Å². The third-order valence-electron chi connectivity index (χ3n) is 5.99. The molecule has 9 nitrogen and oxygen atoms in total. The molecule has 0 spiro atoms. The van der Waals surface area contributed by atoms with Crippen molar-refractivity contribution in [1.29, 1.82) is 0 Å². The SMILES string of the molecule is Nc1cc(C2CCCN(C(=O)c3ccc4c(c3)OCO4)C2)nc2cc(-c3ccco3)nn12. The number of rotatable bonds is 3. The van der Waals surface area contributed by atoms with Gasteiger partial charge in [-0.2, -0.15) is 9.61 Å². The fraction of sp³-hybridized carbons (Fsp3) is 0.261. The Morgan fingerprint density at radius 2 is 2.03 bits per heavy atom. The van der Waals surface area contributed by atoms with Crippen molar-refractivity contribution in [2.45, 2.75) is 18.8 Å². The van der Waals surface area contributed by atoms with E-state index < -0.39 is 0 Å². The number of carbonyl (C=O) groups excluding carboxylic acids is 1. The highest BCUT2D eigenvalue weighted by atomic mass is 16.7. The van der Waals surface area contributed by atoms with Crippen LogP contribution in [0.15, 0.2) is 53.1 Å². The van der Waals surface area contributed by atoms with E-state index >= 15 is 0 Å². The van der Waals surface area contributed by atoms with Gasteiger partial charge in [0.2, 0.25) is 6.79 Å². The van der Waals surface area contributed by atoms with Crippen LogP contribution >= 0.6 is 0 Å². The zero-order valence-corrected chi connectivity index (χ0v) is 17.2. The van der Waals surface area contributed by atoms with Crippen LogP contribution in [0.5, 0.6) is 11.5 Å². The summed E-state index contributed by atoms with van der Waals surface area (Å²) in [4.78, 5) is 19.8. The number of furan rings is 1. The van der Waals surface area contributed by atoms with Crippen LogP contribution in [0.25, 0.3) is 17.1 Å². The van der Waals surface area contributed by atoms with Crippen molar-refractivity contribution in [3.8, 4) is 23.0 Å². The number of ether oxygens (including phenoxy) is 2. The molecule has 32 heavy (non-hydrogen) atoms. The van der Waals surface area contributed by atoms with Crippen molar-refractivity contribution in [2.24, 2.45) is 0 Å². The molecule has 0 bridgehead atoms. The number of likely N-dealkylation sites (tertiary alicyclic amines) is 1. The lowest BCUT2D eigenvalue weighted by atomic mass is 9.94. The van der Waals surface area contributed by atoms with Crippen molar-refractivity contribution in [2.75, 3.05) is 25.6 Å². The molecule has 2 aliphatic rings. The lowest BCUT2D eigenvalue weighted by molar-refractivity contribution is 0.0705. The molecule has 162 valence electrons. The Kier molecular flexibility index (Phi) is 4.27. The molecular weight excluding hydrogens is 410 g/mol. The van der Waals surface area contributed by atoms with E-state index in [-0.39, 0.29) is 18.6 Å². The smallest absolute Gasteiger partial charge is 0.254 e. The molecule has 6 rings (SSSR count). The maximum atomic E-state index is 13.2. The molecule has 4 aromatic rings. The first-order valence-corrected chi connectivity index (χ1v) is 10.5. The van der Waals surface area contributed by atoms with Gasteiger partial charge in [-0.25, -0.2) is 4.98 Å². The molecule has 1 fully saturated rings. The van der Waals surface area contributed by atoms with E-state index in [0.717, 1.165) is 18.5 Å². The van der Waals surface area contributed by atoms with E-state index in [4.69, 9.17) is 24.6 Å². The minimum absolute atomic E-state index is 0.0218. The van der Waals surface area contributed by atoms with Gasteiger partial charge in [0.05, 0.1) is 12.0 Å². The molecule has 0 saturated carbocycles. The van der Waals surface area contributed by atoms with Gasteiger partial charge < -0.3 is 24.5 Å². The van der Waals surface area contributed by atoms with E-state index in [1.54, 1.807) is 29.0 Å². The van der Waals surface area contributed by atoms with E-state index in [2.05, 4.69) is 5.10 Å². The van der Waals surface area contributed by atoms with E-state index in [1.165, 1.54) is 0 Å². The van der Waals surface area contributed by atoms with Gasteiger partial charge in [-0.15, -0.1) is 0 Å². The molecule has 3 aromatic heterocycles. The monoisotopic (exact) mass is 431 g/mol. The second kappa shape index (κ2) is 7.30. The lowest BCUT2D eigenvalue weighted by Crippen LogP contribution is -2.39. The number of benzene rings is 1. The number of nitrogens with two attached hydrogens (primary N) is 1. The molecule has 1 atom stereocenters. The molecule has 5 heterocycles. The number of amides is 1. The standard InChI is InChI=1S/C23H21N5O4/c24-21-10-16(25-22-11-17(26-28(21)22)18-4-2-8-30-18)15-3-1-7-27(12-15)23(29)14-5-6-19-20(9-14)32-13-31-19/h2,4-6,8-11,15H,1,3,7,12-13,24H2. The Balaban J connectivity index is 1.26. The summed E-state index contributed by atoms with van der Waals surface area (Å²) in [6.45, 7) is 1.47. The normalized spacial score (nSPS) is 17.8. The summed E-state index contributed by atoms with van der Waals surface area (Å²) in [6.07, 6.45) is 3.44. The molecule has 0 radical (unpaired) electrons. The molecule has 1 amide bonds. The summed E-state index contributed by atoms with van der Waals surface area (Å²) >= 11 is 0. The van der Waals surface area contributed by atoms with Crippen LogP contribution in [0.3, 0.4) is 0 Å². The summed E-state index contributed by atoms with van der Waals surface area (Å²) in [5.41, 5.74) is 9.08. The number of piperidine rings is 1. The van der Waals surface area contributed by atoms with Gasteiger partial charge in [0.1, 0.15) is 11.5 Å². The molecular formula is C23H21N5O4. The number of hydrogen-bond donors (Lipinski definition) is 1. The van der Waals surface area contributed by atoms with Crippen LogP contribution in [0, 0.1) is 0 Å². The van der Waals surface area contributed by atoms with Crippen molar-refractivity contribution < 1.29 is 18.7 Å².